The lowest BCUT2D eigenvalue weighted by atomic mass is 9.73. The minimum Gasteiger partial charge on any atom is -0.396 e. The van der Waals surface area contributed by atoms with Crippen molar-refractivity contribution in [3.8, 4) is 6.07 Å². The van der Waals surface area contributed by atoms with Gasteiger partial charge < -0.3 is 5.11 Å². The zero-order valence-corrected chi connectivity index (χ0v) is 15.4. The monoisotopic (exact) mass is 360 g/mol. The first-order valence-corrected chi connectivity index (χ1v) is 8.54. The lowest BCUT2D eigenvalue weighted by Crippen LogP contribution is -2.30. The van der Waals surface area contributed by atoms with E-state index in [9.17, 15) is 14.8 Å². The largest absolute Gasteiger partial charge is 0.396 e. The molecule has 2 rings (SSSR count). The van der Waals surface area contributed by atoms with Crippen molar-refractivity contribution < 1.29 is 9.50 Å². The third kappa shape index (κ3) is 4.56. The van der Waals surface area contributed by atoms with E-state index in [1.54, 1.807) is 24.4 Å². The first-order valence-electron chi connectivity index (χ1n) is 8.16. The van der Waals surface area contributed by atoms with Gasteiger partial charge in [0.15, 0.2) is 0 Å². The van der Waals surface area contributed by atoms with E-state index in [2.05, 4.69) is 11.1 Å². The number of benzene rings is 1. The van der Waals surface area contributed by atoms with E-state index < -0.39 is 11.7 Å². The Morgan fingerprint density at radius 1 is 1.28 bits per heavy atom. The number of nitrogens with zero attached hydrogens (tertiary/aromatic N) is 2. The number of aliphatic hydroxyl groups is 1. The van der Waals surface area contributed by atoms with Gasteiger partial charge in [0.2, 0.25) is 0 Å². The number of hydrogen-bond donors (Lipinski definition) is 1. The van der Waals surface area contributed by atoms with Crippen LogP contribution in [0.1, 0.15) is 43.5 Å². The molecule has 0 saturated carbocycles. The molecule has 1 unspecified atom stereocenters. The van der Waals surface area contributed by atoms with Crippen LogP contribution in [0.3, 0.4) is 0 Å². The summed E-state index contributed by atoms with van der Waals surface area (Å²) in [5.41, 5.74) is 1.73. The lowest BCUT2D eigenvalue weighted by molar-refractivity contribution is 0.119. The average Bonchev–Trinajstić information content (AvgIpc) is 2.56. The van der Waals surface area contributed by atoms with Gasteiger partial charge in [-0.3, -0.25) is 4.98 Å². The molecule has 1 N–H and O–H groups in total. The number of pyridine rings is 1. The minimum atomic E-state index is -0.498. The second kappa shape index (κ2) is 7.95. The molecule has 0 aliphatic carbocycles. The second-order valence-corrected chi connectivity index (χ2v) is 7.65. The van der Waals surface area contributed by atoms with Crippen molar-refractivity contribution in [3.63, 3.8) is 0 Å². The van der Waals surface area contributed by atoms with Crippen LogP contribution in [0.4, 0.5) is 4.39 Å². The molecule has 0 saturated heterocycles. The Labute approximate surface area is 153 Å². The Hall–Kier alpha value is -1.96. The van der Waals surface area contributed by atoms with Crippen molar-refractivity contribution in [1.82, 2.24) is 4.98 Å². The summed E-state index contributed by atoms with van der Waals surface area (Å²) in [6.07, 6.45) is 2.02. The summed E-state index contributed by atoms with van der Waals surface area (Å²) in [6, 6.07) is 10.8. The molecule has 1 heterocycles. The SMILES string of the molecule is CC(C)(C)[C@@H](CO)C(C#N)c1ccc(Cc2cccc(Cl)c2F)cn1. The van der Waals surface area contributed by atoms with Crippen molar-refractivity contribution in [2.75, 3.05) is 6.61 Å². The van der Waals surface area contributed by atoms with Gasteiger partial charge in [0.25, 0.3) is 0 Å². The zero-order chi connectivity index (χ0) is 18.6. The Bertz CT molecular complexity index is 763. The molecule has 25 heavy (non-hydrogen) atoms. The van der Waals surface area contributed by atoms with E-state index in [0.29, 0.717) is 17.7 Å². The van der Waals surface area contributed by atoms with Gasteiger partial charge in [0.1, 0.15) is 5.82 Å². The van der Waals surface area contributed by atoms with E-state index in [-0.39, 0.29) is 23.0 Å². The van der Waals surface area contributed by atoms with Gasteiger partial charge in [-0.15, -0.1) is 0 Å². The van der Waals surface area contributed by atoms with Crippen LogP contribution in [-0.4, -0.2) is 16.7 Å². The quantitative estimate of drug-likeness (QED) is 0.838. The van der Waals surface area contributed by atoms with Crippen LogP contribution in [0.15, 0.2) is 36.5 Å². The summed E-state index contributed by atoms with van der Waals surface area (Å²) in [5, 5.41) is 19.3. The summed E-state index contributed by atoms with van der Waals surface area (Å²) < 4.78 is 14.0. The van der Waals surface area contributed by atoms with Crippen LogP contribution in [-0.2, 0) is 6.42 Å². The Balaban J connectivity index is 2.24. The second-order valence-electron chi connectivity index (χ2n) is 7.24. The van der Waals surface area contributed by atoms with Crippen molar-refractivity contribution >= 4 is 11.6 Å². The summed E-state index contributed by atoms with van der Waals surface area (Å²) in [6.45, 7) is 5.90. The van der Waals surface area contributed by atoms with Gasteiger partial charge in [-0.25, -0.2) is 4.39 Å². The maximum Gasteiger partial charge on any atom is 0.145 e. The maximum absolute atomic E-state index is 14.0. The van der Waals surface area contributed by atoms with Crippen LogP contribution >= 0.6 is 11.6 Å². The number of aliphatic hydroxyl groups excluding tert-OH is 1. The van der Waals surface area contributed by atoms with E-state index in [1.165, 1.54) is 6.07 Å². The van der Waals surface area contributed by atoms with Gasteiger partial charge in [-0.2, -0.15) is 5.26 Å². The van der Waals surface area contributed by atoms with E-state index in [4.69, 9.17) is 11.6 Å². The molecule has 0 aliphatic heterocycles. The van der Waals surface area contributed by atoms with E-state index in [0.717, 1.165) is 5.56 Å². The van der Waals surface area contributed by atoms with Crippen molar-refractivity contribution in [2.45, 2.75) is 33.1 Å². The number of rotatable bonds is 5. The predicted molar refractivity (Wildman–Crippen MR) is 96.8 cm³/mol. The Morgan fingerprint density at radius 2 is 2.00 bits per heavy atom. The highest BCUT2D eigenvalue weighted by Crippen LogP contribution is 2.36. The van der Waals surface area contributed by atoms with Gasteiger partial charge in [0, 0.05) is 25.1 Å². The van der Waals surface area contributed by atoms with Gasteiger partial charge in [-0.05, 0) is 28.7 Å². The number of hydrogen-bond acceptors (Lipinski definition) is 3. The van der Waals surface area contributed by atoms with Crippen LogP contribution < -0.4 is 0 Å². The highest BCUT2D eigenvalue weighted by Gasteiger charge is 2.33. The summed E-state index contributed by atoms with van der Waals surface area (Å²) in [4.78, 5) is 4.39. The molecule has 2 aromatic rings. The third-order valence-electron chi connectivity index (χ3n) is 4.44. The average molecular weight is 361 g/mol. The molecule has 0 bridgehead atoms. The first-order chi connectivity index (χ1) is 11.8. The Kier molecular flexibility index (Phi) is 6.16. The molecule has 132 valence electrons. The fraction of sp³-hybridized carbons (Fsp3) is 0.400. The van der Waals surface area contributed by atoms with Crippen LogP contribution in [0.2, 0.25) is 5.02 Å². The standard InChI is InChI=1S/C20H22ClFN2O/c1-20(2,3)16(12-25)15(10-23)18-8-7-13(11-24-18)9-14-5-4-6-17(21)19(14)22/h4-8,11,15-16,25H,9,12H2,1-3H3/t15?,16-/m0/s1. The van der Waals surface area contributed by atoms with Gasteiger partial charge >= 0.3 is 0 Å². The molecule has 0 spiro atoms. The number of nitriles is 1. The van der Waals surface area contributed by atoms with Gasteiger partial charge in [-0.1, -0.05) is 50.6 Å². The molecule has 0 fully saturated rings. The minimum absolute atomic E-state index is 0.0844. The van der Waals surface area contributed by atoms with Crippen molar-refractivity contribution in [1.29, 1.82) is 5.26 Å². The molecule has 3 nitrogen and oxygen atoms in total. The summed E-state index contributed by atoms with van der Waals surface area (Å²) in [7, 11) is 0. The van der Waals surface area contributed by atoms with Crippen molar-refractivity contribution in [2.24, 2.45) is 11.3 Å². The molecule has 1 aromatic carbocycles. The van der Waals surface area contributed by atoms with E-state index >= 15 is 0 Å². The van der Waals surface area contributed by atoms with E-state index in [1.807, 2.05) is 26.8 Å². The smallest absolute Gasteiger partial charge is 0.145 e. The van der Waals surface area contributed by atoms with Crippen LogP contribution in [0, 0.1) is 28.5 Å². The van der Waals surface area contributed by atoms with Crippen LogP contribution in [0.5, 0.6) is 0 Å². The maximum atomic E-state index is 14.0. The molecule has 2 atom stereocenters. The van der Waals surface area contributed by atoms with Crippen LogP contribution in [0.25, 0.3) is 0 Å². The Morgan fingerprint density at radius 3 is 2.52 bits per heavy atom. The zero-order valence-electron chi connectivity index (χ0n) is 14.6. The lowest BCUT2D eigenvalue weighted by Gasteiger charge is -2.32. The van der Waals surface area contributed by atoms with Crippen molar-refractivity contribution in [3.05, 3.63) is 64.2 Å². The highest BCUT2D eigenvalue weighted by molar-refractivity contribution is 6.30. The molecule has 0 amide bonds. The van der Waals surface area contributed by atoms with Gasteiger partial charge in [0.05, 0.1) is 22.7 Å². The highest BCUT2D eigenvalue weighted by atomic mass is 35.5. The first kappa shape index (κ1) is 19.4. The predicted octanol–water partition coefficient (Wildman–Crippen LogP) is 4.73. The number of aromatic nitrogens is 1. The third-order valence-corrected chi connectivity index (χ3v) is 4.73. The fourth-order valence-electron chi connectivity index (χ4n) is 2.87. The summed E-state index contributed by atoms with van der Waals surface area (Å²) >= 11 is 5.81. The molecular weight excluding hydrogens is 339 g/mol. The summed E-state index contributed by atoms with van der Waals surface area (Å²) in [5.74, 6) is -1.14. The normalized spacial score (nSPS) is 14.0. The molecule has 5 heteroatoms. The molecule has 1 aromatic heterocycles. The molecule has 0 radical (unpaired) electrons. The molecule has 0 aliphatic rings. The fourth-order valence-corrected chi connectivity index (χ4v) is 3.06. The number of halogens is 2. The molecular formula is C20H22ClFN2O. The topological polar surface area (TPSA) is 56.9 Å².